The lowest BCUT2D eigenvalue weighted by Crippen LogP contribution is -2.75. The second kappa shape index (κ2) is 14.1. The zero-order chi connectivity index (χ0) is 40.9. The minimum atomic E-state index is -2.88. The Morgan fingerprint density at radius 1 is 0.965 bits per heavy atom. The van der Waals surface area contributed by atoms with Gasteiger partial charge in [0.15, 0.2) is 34.7 Å². The topological polar surface area (TPSA) is 223 Å². The largest absolute Gasteiger partial charge is 0.507 e. The van der Waals surface area contributed by atoms with Crippen molar-refractivity contribution in [3.05, 3.63) is 58.7 Å². The van der Waals surface area contributed by atoms with Crippen LogP contribution in [0.25, 0.3) is 0 Å². The van der Waals surface area contributed by atoms with Gasteiger partial charge >= 0.3 is 0 Å². The molecule has 4 saturated carbocycles. The van der Waals surface area contributed by atoms with Gasteiger partial charge in [-0.25, -0.2) is 0 Å². The monoisotopic (exact) mass is 787 g/mol. The highest BCUT2D eigenvalue weighted by Gasteiger charge is 2.71. The molecular weight excluding hydrogens is 734 g/mol. The first-order valence-corrected chi connectivity index (χ1v) is 20.1. The fraction of sp³-hybridized carbons (Fsp3) is 0.605. The van der Waals surface area contributed by atoms with E-state index in [0.29, 0.717) is 36.5 Å². The third-order valence-electron chi connectivity index (χ3n) is 15.0. The van der Waals surface area contributed by atoms with Crippen LogP contribution in [0, 0.1) is 40.9 Å². The lowest BCUT2D eigenvalue weighted by atomic mass is 9.49. The van der Waals surface area contributed by atoms with Gasteiger partial charge in [0, 0.05) is 18.4 Å². The molecule has 13 unspecified atom stereocenters. The maximum Gasteiger partial charge on any atom is 0.239 e. The molecule has 306 valence electrons. The number of ketones is 4. The number of hydrogen-bond donors (Lipinski definition) is 7. The van der Waals surface area contributed by atoms with Crippen LogP contribution in [0.4, 0.5) is 0 Å². The number of nitrogens with zero attached hydrogens (tertiary/aromatic N) is 1. The predicted molar refractivity (Wildman–Crippen MR) is 203 cm³/mol. The fourth-order valence-corrected chi connectivity index (χ4v) is 12.1. The third-order valence-corrected chi connectivity index (χ3v) is 15.0. The average Bonchev–Trinajstić information content (AvgIpc) is 3.40. The van der Waals surface area contributed by atoms with Crippen LogP contribution in [-0.4, -0.2) is 117 Å². The zero-order valence-electron chi connectivity index (χ0n) is 32.7. The molecule has 1 amide bonds. The van der Waals surface area contributed by atoms with Crippen molar-refractivity contribution in [1.29, 1.82) is 0 Å². The summed E-state index contributed by atoms with van der Waals surface area (Å²) in [5, 5.41) is 61.1. The molecule has 6 aliphatic carbocycles. The molecule has 6 aliphatic rings. The van der Waals surface area contributed by atoms with Gasteiger partial charge < -0.3 is 35.6 Å². The van der Waals surface area contributed by atoms with Crippen molar-refractivity contribution in [3.63, 3.8) is 0 Å². The molecule has 57 heavy (non-hydrogen) atoms. The minimum absolute atomic E-state index is 0.110. The van der Waals surface area contributed by atoms with Gasteiger partial charge in [0.2, 0.25) is 5.91 Å². The quantitative estimate of drug-likeness (QED) is 0.113. The van der Waals surface area contributed by atoms with E-state index in [1.165, 1.54) is 55.2 Å². The summed E-state index contributed by atoms with van der Waals surface area (Å²) in [6.45, 7) is 3.92. The lowest BCUT2D eigenvalue weighted by Gasteiger charge is -2.55. The Balaban J connectivity index is 0.894. The summed E-state index contributed by atoms with van der Waals surface area (Å²) in [7, 11) is 3.06. The summed E-state index contributed by atoms with van der Waals surface area (Å²) in [4.78, 5) is 71.0. The molecule has 8 rings (SSSR count). The van der Waals surface area contributed by atoms with Gasteiger partial charge in [0.1, 0.15) is 18.1 Å². The highest BCUT2D eigenvalue weighted by Crippen LogP contribution is 2.61. The van der Waals surface area contributed by atoms with Crippen molar-refractivity contribution in [2.24, 2.45) is 40.9 Å². The summed E-state index contributed by atoms with van der Waals surface area (Å²) in [5.41, 5.74) is -2.55. The number of carbonyl (C=O) groups is 5. The summed E-state index contributed by atoms with van der Waals surface area (Å²) in [6, 6.07) is 9.06. The Morgan fingerprint density at radius 2 is 1.72 bits per heavy atom. The van der Waals surface area contributed by atoms with Crippen LogP contribution >= 0.6 is 0 Å². The molecule has 0 saturated heterocycles. The van der Waals surface area contributed by atoms with Gasteiger partial charge in [-0.1, -0.05) is 25.1 Å². The molecule has 0 bridgehead atoms. The fourth-order valence-electron chi connectivity index (χ4n) is 12.1. The van der Waals surface area contributed by atoms with Crippen molar-refractivity contribution in [3.8, 4) is 11.5 Å². The molecule has 0 radical (unpaired) electrons. The Bertz CT molecular complexity index is 2030. The highest BCUT2D eigenvalue weighted by molar-refractivity contribution is 6.32. The molecule has 14 nitrogen and oxygen atoms in total. The van der Waals surface area contributed by atoms with Crippen LogP contribution in [0.2, 0.25) is 0 Å². The van der Waals surface area contributed by atoms with Crippen molar-refractivity contribution in [2.45, 2.75) is 87.7 Å². The van der Waals surface area contributed by atoms with Crippen LogP contribution in [-0.2, 0) is 31.2 Å². The van der Waals surface area contributed by atoms with Crippen LogP contribution in [0.1, 0.15) is 78.9 Å². The number of likely N-dealkylation sites (N-methyl/N-ethyl adjacent to an activating group) is 1. The Hall–Kier alpha value is -4.05. The number of aliphatic hydroxyl groups is 4. The zero-order valence-corrected chi connectivity index (χ0v) is 32.7. The molecule has 13 atom stereocenters. The number of aromatic hydroxyl groups is 1. The number of phenolic OH excluding ortho intramolecular Hbond substituents is 1. The maximum atomic E-state index is 14.3. The van der Waals surface area contributed by atoms with E-state index in [1.807, 2.05) is 6.07 Å². The summed E-state index contributed by atoms with van der Waals surface area (Å²) >= 11 is 0. The molecular formula is C43H53N3O11. The molecule has 0 spiro atoms. The first-order valence-electron chi connectivity index (χ1n) is 20.1. The number of aliphatic hydroxyl groups excluding tert-OH is 2. The van der Waals surface area contributed by atoms with Crippen molar-refractivity contribution in [2.75, 3.05) is 33.9 Å². The van der Waals surface area contributed by atoms with Crippen molar-refractivity contribution >= 4 is 29.0 Å². The van der Waals surface area contributed by atoms with Gasteiger partial charge in [-0.15, -0.1) is 0 Å². The van der Waals surface area contributed by atoms with Gasteiger partial charge in [0.05, 0.1) is 42.0 Å². The van der Waals surface area contributed by atoms with E-state index >= 15 is 0 Å². The smallest absolute Gasteiger partial charge is 0.239 e. The van der Waals surface area contributed by atoms with E-state index in [1.54, 1.807) is 0 Å². The molecule has 0 aromatic heterocycles. The molecule has 2 aromatic rings. The van der Waals surface area contributed by atoms with E-state index in [4.69, 9.17) is 4.74 Å². The number of hydrogen-bond acceptors (Lipinski definition) is 13. The minimum Gasteiger partial charge on any atom is -0.507 e. The lowest BCUT2D eigenvalue weighted by molar-refractivity contribution is -0.188. The molecule has 2 aromatic carbocycles. The second-order valence-electron chi connectivity index (χ2n) is 18.0. The number of nitrogens with one attached hydrogen (secondary N) is 2. The SMILES string of the molecule is CN(C)C1C(=O)C(C(=O)NCNCCOc2ccc3c(c2)CCC2C3CCC3(C)C(O)C(O)CC23)C(=O)C2(O)C(=O)C3C(=O)c4c(O)cccc4C(C)(O)C3CC12. The summed E-state index contributed by atoms with van der Waals surface area (Å²) < 4.78 is 6.01. The molecule has 14 heteroatoms. The van der Waals surface area contributed by atoms with E-state index in [0.717, 1.165) is 25.7 Å². The number of Topliss-reactive ketones (excluding diaryl/α,β-unsaturated/α-hetero) is 4. The second-order valence-corrected chi connectivity index (χ2v) is 18.0. The van der Waals surface area contributed by atoms with Crippen molar-refractivity contribution in [1.82, 2.24) is 15.5 Å². The number of fused-ring (bicyclic) bond motifs is 8. The normalized spacial score (nSPS) is 39.4. The Morgan fingerprint density at radius 3 is 2.46 bits per heavy atom. The van der Waals surface area contributed by atoms with Gasteiger partial charge in [-0.2, -0.15) is 0 Å². The van der Waals surface area contributed by atoms with Gasteiger partial charge in [-0.3, -0.25) is 34.2 Å². The number of aryl methyl sites for hydroxylation is 1. The molecule has 0 aliphatic heterocycles. The van der Waals surface area contributed by atoms with Crippen LogP contribution in [0.5, 0.6) is 11.5 Å². The Kier molecular flexibility index (Phi) is 9.81. The molecule has 0 heterocycles. The van der Waals surface area contributed by atoms with Crippen molar-refractivity contribution < 1.29 is 54.2 Å². The van der Waals surface area contributed by atoms with E-state index in [9.17, 15) is 49.5 Å². The number of amides is 1. The standard InChI is InChI=1S/C43H53N3O11/c1-41-13-12-23-22-11-9-21(16-20(22)8-10-24(23)26(41)18-30(48)37(41)51)57-15-14-44-19-45-40(54)33-36(50)34(46(3)4)28-17-27-32(38(52)43(28,56)39(33)53)35(49)31-25(42(27,2)55)6-5-7-29(31)47/h5-7,9,11,16,23-24,26-28,30,32-34,37,44,47-48,51,55-56H,8,10,12-15,17-19H2,1-4H3,(H,45,54). The predicted octanol–water partition coefficient (Wildman–Crippen LogP) is 0.977. The molecule has 4 fully saturated rings. The van der Waals surface area contributed by atoms with Gasteiger partial charge in [-0.05, 0) is 118 Å². The molecule has 7 N–H and O–H groups in total. The van der Waals surface area contributed by atoms with E-state index in [2.05, 4.69) is 29.7 Å². The number of benzene rings is 2. The third kappa shape index (κ3) is 5.84. The summed E-state index contributed by atoms with van der Waals surface area (Å²) in [5.74, 6) is -9.99. The number of phenols is 1. The first-order chi connectivity index (χ1) is 26.9. The summed E-state index contributed by atoms with van der Waals surface area (Å²) in [6.07, 6.45) is 2.79. The van der Waals surface area contributed by atoms with Crippen LogP contribution < -0.4 is 15.4 Å². The average molecular weight is 788 g/mol. The Labute approximate surface area is 331 Å². The number of carbonyl (C=O) groups excluding carboxylic acids is 5. The highest BCUT2D eigenvalue weighted by atomic mass is 16.5. The van der Waals surface area contributed by atoms with E-state index < -0.39 is 87.9 Å². The van der Waals surface area contributed by atoms with Crippen LogP contribution in [0.15, 0.2) is 36.4 Å². The first kappa shape index (κ1) is 39.8. The number of ether oxygens (including phenoxy) is 1. The van der Waals surface area contributed by atoms with Crippen LogP contribution in [0.3, 0.4) is 0 Å². The van der Waals surface area contributed by atoms with Gasteiger partial charge in [0.25, 0.3) is 0 Å². The van der Waals surface area contributed by atoms with E-state index in [-0.39, 0.29) is 36.2 Å². The number of rotatable bonds is 8. The maximum absolute atomic E-state index is 14.3.